The Morgan fingerprint density at radius 2 is 1.49 bits per heavy atom. The molecular weight excluding hydrogens is 636 g/mol. The molecule has 0 radical (unpaired) electrons. The van der Waals surface area contributed by atoms with Crippen molar-refractivity contribution in [2.45, 2.75) is 17.5 Å². The Morgan fingerprint density at radius 3 is 2.18 bits per heavy atom. The number of carbonyl (C=O) groups is 3. The quantitative estimate of drug-likeness (QED) is 0.231. The Balaban J connectivity index is 1.53. The number of Topliss-reactive ketones (excluding diaryl/α,β-unsaturated/α-hetero) is 2. The van der Waals surface area contributed by atoms with Crippen LogP contribution in [0.15, 0.2) is 95.5 Å². The number of ether oxygens (including phenoxy) is 3. The summed E-state index contributed by atoms with van der Waals surface area (Å²) in [5, 5.41) is 3.04. The summed E-state index contributed by atoms with van der Waals surface area (Å²) < 4.78 is 17.5. The molecular formula is C36H29BrN2O6. The molecule has 3 aliphatic rings. The fourth-order valence-corrected chi connectivity index (χ4v) is 7.58. The van der Waals surface area contributed by atoms with Gasteiger partial charge in [-0.1, -0.05) is 76.6 Å². The van der Waals surface area contributed by atoms with Crippen LogP contribution < -0.4 is 24.4 Å². The van der Waals surface area contributed by atoms with Crippen LogP contribution in [0, 0.1) is 5.92 Å². The number of para-hydroxylation sites is 2. The number of hydrogen-bond donors (Lipinski definition) is 1. The first-order valence-electron chi connectivity index (χ1n) is 14.5. The molecule has 1 N–H and O–H groups in total. The lowest BCUT2D eigenvalue weighted by molar-refractivity contribution is -0.121. The average molecular weight is 666 g/mol. The number of halogens is 1. The van der Waals surface area contributed by atoms with Gasteiger partial charge in [0.1, 0.15) is 11.5 Å². The largest absolute Gasteiger partial charge is 0.493 e. The molecule has 9 heteroatoms. The molecule has 0 saturated carbocycles. The van der Waals surface area contributed by atoms with Crippen molar-refractivity contribution in [3.05, 3.63) is 118 Å². The number of carbonyl (C=O) groups excluding carboxylic acids is 3. The maximum absolute atomic E-state index is 15.1. The van der Waals surface area contributed by atoms with Crippen molar-refractivity contribution < 1.29 is 28.6 Å². The molecule has 3 aliphatic heterocycles. The predicted molar refractivity (Wildman–Crippen MR) is 175 cm³/mol. The molecule has 8 nitrogen and oxygen atoms in total. The Kier molecular flexibility index (Phi) is 7.00. The van der Waals surface area contributed by atoms with Gasteiger partial charge in [-0.2, -0.15) is 0 Å². The van der Waals surface area contributed by atoms with E-state index < -0.39 is 29.3 Å². The molecule has 1 spiro atoms. The van der Waals surface area contributed by atoms with E-state index >= 15 is 4.79 Å². The Labute approximate surface area is 268 Å². The monoisotopic (exact) mass is 664 g/mol. The zero-order valence-corrected chi connectivity index (χ0v) is 26.3. The number of amides is 1. The van der Waals surface area contributed by atoms with Crippen molar-refractivity contribution >= 4 is 50.9 Å². The highest BCUT2D eigenvalue weighted by Gasteiger charge is 2.71. The van der Waals surface area contributed by atoms with Gasteiger partial charge in [0.15, 0.2) is 23.1 Å². The molecule has 4 aromatic rings. The van der Waals surface area contributed by atoms with Crippen molar-refractivity contribution in [3.8, 4) is 17.2 Å². The van der Waals surface area contributed by atoms with E-state index in [1.807, 2.05) is 65.6 Å². The zero-order valence-electron chi connectivity index (χ0n) is 24.7. The maximum atomic E-state index is 15.1. The molecule has 7 rings (SSSR count). The molecule has 226 valence electrons. The van der Waals surface area contributed by atoms with Crippen molar-refractivity contribution in [3.63, 3.8) is 0 Å². The average Bonchev–Trinajstić information content (AvgIpc) is 3.55. The molecule has 1 amide bonds. The third kappa shape index (κ3) is 4.14. The van der Waals surface area contributed by atoms with Crippen LogP contribution in [0.2, 0.25) is 0 Å². The summed E-state index contributed by atoms with van der Waals surface area (Å²) in [6.07, 6.45) is 3.90. The number of nitrogens with zero attached hydrogens (tertiary/aromatic N) is 1. The highest BCUT2D eigenvalue weighted by atomic mass is 79.9. The van der Waals surface area contributed by atoms with E-state index in [1.54, 1.807) is 36.4 Å². The van der Waals surface area contributed by atoms with Crippen LogP contribution in [-0.2, 0) is 10.2 Å². The number of benzene rings is 4. The van der Waals surface area contributed by atoms with Gasteiger partial charge in [0, 0.05) is 27.0 Å². The Bertz CT molecular complexity index is 1880. The van der Waals surface area contributed by atoms with E-state index in [9.17, 15) is 9.59 Å². The van der Waals surface area contributed by atoms with Crippen LogP contribution in [-0.4, -0.2) is 50.9 Å². The van der Waals surface area contributed by atoms with Gasteiger partial charge in [-0.25, -0.2) is 0 Å². The molecule has 1 unspecified atom stereocenters. The lowest BCUT2D eigenvalue weighted by Crippen LogP contribution is -2.55. The van der Waals surface area contributed by atoms with Crippen LogP contribution in [0.25, 0.3) is 6.08 Å². The fraction of sp³-hybridized carbons (Fsp3) is 0.194. The minimum atomic E-state index is -1.58. The minimum Gasteiger partial charge on any atom is -0.493 e. The number of anilines is 2. The van der Waals surface area contributed by atoms with E-state index in [0.717, 1.165) is 15.7 Å². The second-order valence-electron chi connectivity index (χ2n) is 11.2. The summed E-state index contributed by atoms with van der Waals surface area (Å²) in [6.45, 7) is 0. The molecule has 1 saturated heterocycles. The van der Waals surface area contributed by atoms with Crippen LogP contribution in [0.5, 0.6) is 17.2 Å². The maximum Gasteiger partial charge on any atom is 0.238 e. The highest BCUT2D eigenvalue weighted by Crippen LogP contribution is 2.58. The van der Waals surface area contributed by atoms with Crippen LogP contribution in [0.4, 0.5) is 11.4 Å². The van der Waals surface area contributed by atoms with Crippen molar-refractivity contribution in [1.82, 2.24) is 0 Å². The van der Waals surface area contributed by atoms with Crippen molar-refractivity contribution in [1.29, 1.82) is 0 Å². The SMILES string of the molecule is COc1cc(C(=O)[C@H]2C3C=Cc4ccccc4N3[C@@H](C(=O)c3ccc(Br)cc3)[C@@]23C(=O)Nc2ccccc23)cc(OC)c1OC. The molecule has 1 fully saturated rings. The molecule has 4 aromatic carbocycles. The van der Waals surface area contributed by atoms with Gasteiger partial charge in [-0.3, -0.25) is 14.4 Å². The van der Waals surface area contributed by atoms with Crippen LogP contribution in [0.3, 0.4) is 0 Å². The third-order valence-corrected chi connectivity index (χ3v) is 9.68. The number of nitrogens with one attached hydrogen (secondary N) is 1. The van der Waals surface area contributed by atoms with E-state index in [0.29, 0.717) is 34.1 Å². The Hall–Kier alpha value is -4.89. The minimum absolute atomic E-state index is 0.260. The molecule has 0 bridgehead atoms. The van der Waals surface area contributed by atoms with E-state index in [4.69, 9.17) is 14.2 Å². The standard InChI is InChI=1S/C36H29BrN2O6/c1-43-28-18-22(19-29(44-2)33(28)45-3)31(40)30-27-17-14-20-8-4-7-11-26(20)39(27)34(32(41)21-12-15-23(37)16-13-21)36(30)24-9-5-6-10-25(24)38-35(36)42/h4-19,27,30,34H,1-3H3,(H,38,42)/t27?,30-,34+,36+/m1/s1. The smallest absolute Gasteiger partial charge is 0.238 e. The predicted octanol–water partition coefficient (Wildman–Crippen LogP) is 6.33. The van der Waals surface area contributed by atoms with Crippen LogP contribution in [0.1, 0.15) is 31.8 Å². The van der Waals surface area contributed by atoms with Gasteiger partial charge in [0.05, 0.1) is 33.3 Å². The number of rotatable bonds is 7. The first-order chi connectivity index (χ1) is 21.8. The molecule has 4 atom stereocenters. The number of hydrogen-bond acceptors (Lipinski definition) is 7. The normalized spacial score (nSPS) is 22.4. The van der Waals surface area contributed by atoms with Gasteiger partial charge in [0.2, 0.25) is 11.7 Å². The molecule has 0 aliphatic carbocycles. The van der Waals surface area contributed by atoms with Crippen molar-refractivity contribution in [2.75, 3.05) is 31.5 Å². The molecule has 45 heavy (non-hydrogen) atoms. The van der Waals surface area contributed by atoms with Crippen molar-refractivity contribution in [2.24, 2.45) is 5.92 Å². The second-order valence-corrected chi connectivity index (χ2v) is 12.1. The first-order valence-corrected chi connectivity index (χ1v) is 15.2. The number of methoxy groups -OCH3 is 3. The molecule has 0 aromatic heterocycles. The number of fused-ring (bicyclic) bond motifs is 5. The van der Waals surface area contributed by atoms with Gasteiger partial charge in [-0.15, -0.1) is 0 Å². The summed E-state index contributed by atoms with van der Waals surface area (Å²) in [7, 11) is 4.46. The topological polar surface area (TPSA) is 94.2 Å². The van der Waals surface area contributed by atoms with Gasteiger partial charge in [0.25, 0.3) is 0 Å². The second kappa shape index (κ2) is 10.9. The summed E-state index contributed by atoms with van der Waals surface area (Å²) in [4.78, 5) is 46.6. The number of ketones is 2. The third-order valence-electron chi connectivity index (χ3n) is 9.16. The summed E-state index contributed by atoms with van der Waals surface area (Å²) in [5.74, 6) is -1.02. The van der Waals surface area contributed by atoms with Gasteiger partial charge < -0.3 is 24.4 Å². The van der Waals surface area contributed by atoms with Gasteiger partial charge in [-0.05, 0) is 47.5 Å². The summed E-state index contributed by atoms with van der Waals surface area (Å²) in [6, 6.07) is 23.7. The first kappa shape index (κ1) is 28.9. The fourth-order valence-electron chi connectivity index (χ4n) is 7.31. The lowest BCUT2D eigenvalue weighted by Gasteiger charge is -2.37. The van der Waals surface area contributed by atoms with E-state index in [-0.39, 0.29) is 17.1 Å². The lowest BCUT2D eigenvalue weighted by atomic mass is 9.63. The van der Waals surface area contributed by atoms with E-state index in [2.05, 4.69) is 21.2 Å². The van der Waals surface area contributed by atoms with E-state index in [1.165, 1.54) is 21.3 Å². The van der Waals surface area contributed by atoms with Gasteiger partial charge >= 0.3 is 0 Å². The van der Waals surface area contributed by atoms with Crippen LogP contribution >= 0.6 is 15.9 Å². The molecule has 3 heterocycles. The Morgan fingerprint density at radius 1 is 0.822 bits per heavy atom. The highest BCUT2D eigenvalue weighted by molar-refractivity contribution is 9.10. The summed E-state index contributed by atoms with van der Waals surface area (Å²) in [5.41, 5.74) is 1.99. The summed E-state index contributed by atoms with van der Waals surface area (Å²) >= 11 is 3.46. The zero-order chi connectivity index (χ0) is 31.5.